The predicted octanol–water partition coefficient (Wildman–Crippen LogP) is 1.50. The van der Waals surface area contributed by atoms with E-state index in [9.17, 15) is 0 Å². The molecule has 2 atom stereocenters. The summed E-state index contributed by atoms with van der Waals surface area (Å²) < 4.78 is 23.1. The fraction of sp³-hybridized carbons (Fsp3) is 0.647. The number of benzene rings is 1. The monoisotopic (exact) mass is 320 g/mol. The SMILES string of the molecule is CN(C)CCN1CCO[C@H]2c3cc4c(cc3OCC[C@@H]21)OCO4. The minimum absolute atomic E-state index is 0.0397. The van der Waals surface area contributed by atoms with Crippen LogP contribution in [-0.2, 0) is 4.74 Å². The molecule has 3 heterocycles. The van der Waals surface area contributed by atoms with Crippen molar-refractivity contribution in [3.8, 4) is 17.2 Å². The summed E-state index contributed by atoms with van der Waals surface area (Å²) in [5.41, 5.74) is 1.09. The first-order chi connectivity index (χ1) is 11.2. The lowest BCUT2D eigenvalue weighted by Crippen LogP contribution is -2.49. The molecule has 1 aromatic carbocycles. The Balaban J connectivity index is 1.62. The van der Waals surface area contributed by atoms with Crippen molar-refractivity contribution in [2.45, 2.75) is 18.6 Å². The summed E-state index contributed by atoms with van der Waals surface area (Å²) in [4.78, 5) is 4.76. The molecule has 4 rings (SSSR count). The summed E-state index contributed by atoms with van der Waals surface area (Å²) in [5, 5.41) is 0. The number of hydrogen-bond acceptors (Lipinski definition) is 6. The Hall–Kier alpha value is -1.50. The maximum atomic E-state index is 6.15. The van der Waals surface area contributed by atoms with Crippen molar-refractivity contribution in [2.75, 3.05) is 53.7 Å². The zero-order chi connectivity index (χ0) is 15.8. The molecule has 1 saturated heterocycles. The van der Waals surface area contributed by atoms with Crippen molar-refractivity contribution in [3.63, 3.8) is 0 Å². The predicted molar refractivity (Wildman–Crippen MR) is 85.3 cm³/mol. The molecule has 6 heteroatoms. The first kappa shape index (κ1) is 15.1. The highest BCUT2D eigenvalue weighted by Crippen LogP contribution is 2.45. The molecule has 0 radical (unpaired) electrons. The van der Waals surface area contributed by atoms with Crippen LogP contribution in [0.25, 0.3) is 0 Å². The van der Waals surface area contributed by atoms with E-state index < -0.39 is 0 Å². The Labute approximate surface area is 136 Å². The van der Waals surface area contributed by atoms with Gasteiger partial charge in [-0.3, -0.25) is 4.90 Å². The van der Waals surface area contributed by atoms with E-state index in [0.717, 1.165) is 55.5 Å². The molecule has 0 bridgehead atoms. The molecule has 0 N–H and O–H groups in total. The van der Waals surface area contributed by atoms with Gasteiger partial charge >= 0.3 is 0 Å². The lowest BCUT2D eigenvalue weighted by molar-refractivity contribution is -0.0754. The van der Waals surface area contributed by atoms with Crippen LogP contribution in [0, 0.1) is 0 Å². The van der Waals surface area contributed by atoms with Crippen LogP contribution >= 0.6 is 0 Å². The van der Waals surface area contributed by atoms with Crippen LogP contribution in [-0.4, -0.2) is 69.6 Å². The van der Waals surface area contributed by atoms with Gasteiger partial charge < -0.3 is 23.8 Å². The minimum atomic E-state index is 0.0397. The van der Waals surface area contributed by atoms with Gasteiger partial charge in [-0.25, -0.2) is 0 Å². The van der Waals surface area contributed by atoms with Gasteiger partial charge in [-0.15, -0.1) is 0 Å². The topological polar surface area (TPSA) is 43.4 Å². The van der Waals surface area contributed by atoms with Crippen molar-refractivity contribution in [2.24, 2.45) is 0 Å². The molecule has 3 aliphatic heterocycles. The van der Waals surface area contributed by atoms with Crippen LogP contribution in [0.5, 0.6) is 17.2 Å². The second kappa shape index (κ2) is 6.19. The molecule has 0 spiro atoms. The molecule has 1 fully saturated rings. The van der Waals surface area contributed by atoms with Crippen molar-refractivity contribution >= 4 is 0 Å². The van der Waals surface area contributed by atoms with Crippen LogP contribution in [0.15, 0.2) is 12.1 Å². The van der Waals surface area contributed by atoms with Gasteiger partial charge in [0.05, 0.1) is 13.2 Å². The molecule has 0 unspecified atom stereocenters. The normalized spacial score (nSPS) is 26.4. The number of morpholine rings is 1. The first-order valence-electron chi connectivity index (χ1n) is 8.29. The Morgan fingerprint density at radius 3 is 2.74 bits per heavy atom. The van der Waals surface area contributed by atoms with Gasteiger partial charge in [-0.05, 0) is 26.6 Å². The Morgan fingerprint density at radius 2 is 1.91 bits per heavy atom. The molecular weight excluding hydrogens is 296 g/mol. The quantitative estimate of drug-likeness (QED) is 0.841. The van der Waals surface area contributed by atoms with Gasteiger partial charge in [-0.1, -0.05) is 0 Å². The van der Waals surface area contributed by atoms with Crippen LogP contribution in [0.2, 0.25) is 0 Å². The van der Waals surface area contributed by atoms with Gasteiger partial charge in [0.2, 0.25) is 6.79 Å². The van der Waals surface area contributed by atoms with E-state index in [1.807, 2.05) is 12.1 Å². The second-order valence-corrected chi connectivity index (χ2v) is 6.58. The van der Waals surface area contributed by atoms with E-state index in [0.29, 0.717) is 12.6 Å². The molecule has 6 nitrogen and oxygen atoms in total. The molecule has 0 amide bonds. The number of hydrogen-bond donors (Lipinski definition) is 0. The summed E-state index contributed by atoms with van der Waals surface area (Å²) in [6.45, 7) is 4.82. The average Bonchev–Trinajstić information content (AvgIpc) is 2.92. The number of ether oxygens (including phenoxy) is 4. The molecular formula is C17H24N2O4. The first-order valence-corrected chi connectivity index (χ1v) is 8.29. The lowest BCUT2D eigenvalue weighted by Gasteiger charge is -2.40. The highest BCUT2D eigenvalue weighted by atomic mass is 16.7. The van der Waals surface area contributed by atoms with Gasteiger partial charge in [0.25, 0.3) is 0 Å². The average molecular weight is 320 g/mol. The van der Waals surface area contributed by atoms with Crippen LogP contribution in [0.4, 0.5) is 0 Å². The standard InChI is InChI=1S/C17H24N2O4/c1-18(2)4-5-19-6-8-21-17-12-9-15-16(23-11-22-15)10-14(12)20-7-3-13(17)19/h9-10,13,17H,3-8,11H2,1-2H3/t13-,17-/m0/s1. The smallest absolute Gasteiger partial charge is 0.231 e. The third-order valence-electron chi connectivity index (χ3n) is 4.81. The van der Waals surface area contributed by atoms with E-state index in [-0.39, 0.29) is 12.9 Å². The highest BCUT2D eigenvalue weighted by Gasteiger charge is 2.37. The minimum Gasteiger partial charge on any atom is -0.493 e. The van der Waals surface area contributed by atoms with E-state index in [4.69, 9.17) is 18.9 Å². The summed E-state index contributed by atoms with van der Waals surface area (Å²) in [5.74, 6) is 2.43. The lowest BCUT2D eigenvalue weighted by atomic mass is 9.96. The van der Waals surface area contributed by atoms with Crippen LogP contribution in [0.1, 0.15) is 18.1 Å². The maximum absolute atomic E-state index is 6.15. The highest BCUT2D eigenvalue weighted by molar-refractivity contribution is 5.53. The fourth-order valence-corrected chi connectivity index (χ4v) is 3.58. The van der Waals surface area contributed by atoms with Gasteiger partial charge in [-0.2, -0.15) is 0 Å². The Bertz CT molecular complexity index is 578. The van der Waals surface area contributed by atoms with Crippen molar-refractivity contribution in [3.05, 3.63) is 17.7 Å². The molecule has 126 valence electrons. The maximum Gasteiger partial charge on any atom is 0.231 e. The largest absolute Gasteiger partial charge is 0.493 e. The molecule has 0 aromatic heterocycles. The van der Waals surface area contributed by atoms with Crippen LogP contribution in [0.3, 0.4) is 0 Å². The van der Waals surface area contributed by atoms with E-state index in [1.165, 1.54) is 0 Å². The van der Waals surface area contributed by atoms with Gasteiger partial charge in [0, 0.05) is 37.3 Å². The Morgan fingerprint density at radius 1 is 1.09 bits per heavy atom. The van der Waals surface area contributed by atoms with E-state index in [2.05, 4.69) is 23.9 Å². The summed E-state index contributed by atoms with van der Waals surface area (Å²) in [6, 6.07) is 4.34. The second-order valence-electron chi connectivity index (χ2n) is 6.58. The summed E-state index contributed by atoms with van der Waals surface area (Å²) in [6.07, 6.45) is 1.01. The Kier molecular flexibility index (Phi) is 4.05. The number of likely N-dealkylation sites (N-methyl/N-ethyl adjacent to an activating group) is 1. The zero-order valence-electron chi connectivity index (χ0n) is 13.8. The number of fused-ring (bicyclic) bond motifs is 4. The molecule has 1 aromatic rings. The summed E-state index contributed by atoms with van der Waals surface area (Å²) in [7, 11) is 4.23. The zero-order valence-corrected chi connectivity index (χ0v) is 13.8. The van der Waals surface area contributed by atoms with Crippen LogP contribution < -0.4 is 14.2 Å². The van der Waals surface area contributed by atoms with Crippen molar-refractivity contribution in [1.29, 1.82) is 0 Å². The molecule has 3 aliphatic rings. The van der Waals surface area contributed by atoms with Gasteiger partial charge in [0.1, 0.15) is 11.9 Å². The number of rotatable bonds is 3. The molecule has 23 heavy (non-hydrogen) atoms. The van der Waals surface area contributed by atoms with Crippen molar-refractivity contribution in [1.82, 2.24) is 9.80 Å². The third-order valence-corrected chi connectivity index (χ3v) is 4.81. The molecule has 0 aliphatic carbocycles. The van der Waals surface area contributed by atoms with E-state index >= 15 is 0 Å². The van der Waals surface area contributed by atoms with Crippen molar-refractivity contribution < 1.29 is 18.9 Å². The molecule has 0 saturated carbocycles. The van der Waals surface area contributed by atoms with Gasteiger partial charge in [0.15, 0.2) is 11.5 Å². The van der Waals surface area contributed by atoms with E-state index in [1.54, 1.807) is 0 Å². The summed E-state index contributed by atoms with van der Waals surface area (Å²) >= 11 is 0. The number of nitrogens with zero attached hydrogens (tertiary/aromatic N) is 2. The third kappa shape index (κ3) is 2.86. The fourth-order valence-electron chi connectivity index (χ4n) is 3.58.